The molecule has 54 heavy (non-hydrogen) atoms. The van der Waals surface area contributed by atoms with Gasteiger partial charge in [-0.15, -0.1) is 0 Å². The van der Waals surface area contributed by atoms with Crippen molar-refractivity contribution in [2.45, 2.75) is 26.2 Å². The Labute approximate surface area is 316 Å². The van der Waals surface area contributed by atoms with Crippen LogP contribution in [-0.2, 0) is 26.2 Å². The van der Waals surface area contributed by atoms with Gasteiger partial charge in [0.1, 0.15) is 23.0 Å². The maximum atomic E-state index is 14.1. The second-order valence-electron chi connectivity index (χ2n) is 13.0. The molecule has 0 fully saturated rings. The predicted octanol–water partition coefficient (Wildman–Crippen LogP) is 11.0. The summed E-state index contributed by atoms with van der Waals surface area (Å²) in [5.74, 6) is 2.73. The SMILES string of the molecule is O=C(c1ccc(C(=O)N(Cc2ccccc2)Cc2ccc(Oc3ccccc3)cc2)cc1)N(Cc1ccccc1)Cc1ccc(Oc2ccccc2)cc1. The van der Waals surface area contributed by atoms with Gasteiger partial charge in [-0.1, -0.05) is 121 Å². The molecular weight excluding hydrogens is 669 g/mol. The number of hydrogen-bond donors (Lipinski definition) is 0. The van der Waals surface area contributed by atoms with E-state index in [0.717, 1.165) is 45.3 Å². The largest absolute Gasteiger partial charge is 0.457 e. The van der Waals surface area contributed by atoms with Gasteiger partial charge >= 0.3 is 0 Å². The van der Waals surface area contributed by atoms with E-state index in [0.29, 0.717) is 37.3 Å². The Morgan fingerprint density at radius 1 is 0.315 bits per heavy atom. The smallest absolute Gasteiger partial charge is 0.254 e. The summed E-state index contributed by atoms with van der Waals surface area (Å²) in [6.07, 6.45) is 0. The Morgan fingerprint density at radius 2 is 0.574 bits per heavy atom. The molecule has 266 valence electrons. The highest BCUT2D eigenvalue weighted by Gasteiger charge is 2.21. The molecule has 0 spiro atoms. The molecule has 0 saturated carbocycles. The molecular formula is C48H40N2O4. The van der Waals surface area contributed by atoms with Crippen molar-refractivity contribution in [3.05, 3.63) is 228 Å². The maximum Gasteiger partial charge on any atom is 0.254 e. The molecule has 0 aliphatic carbocycles. The molecule has 0 radical (unpaired) electrons. The van der Waals surface area contributed by atoms with Gasteiger partial charge in [0.25, 0.3) is 11.8 Å². The van der Waals surface area contributed by atoms with Crippen LogP contribution in [0.4, 0.5) is 0 Å². The van der Waals surface area contributed by atoms with E-state index < -0.39 is 0 Å². The molecule has 0 aliphatic rings. The third-order valence-electron chi connectivity index (χ3n) is 8.94. The first-order valence-electron chi connectivity index (χ1n) is 18.0. The van der Waals surface area contributed by atoms with Crippen molar-refractivity contribution in [1.29, 1.82) is 0 Å². The van der Waals surface area contributed by atoms with E-state index in [1.54, 1.807) is 24.3 Å². The van der Waals surface area contributed by atoms with Gasteiger partial charge in [0, 0.05) is 37.3 Å². The van der Waals surface area contributed by atoms with Gasteiger partial charge in [0.05, 0.1) is 0 Å². The molecule has 6 heteroatoms. The summed E-state index contributed by atoms with van der Waals surface area (Å²) in [7, 11) is 0. The predicted molar refractivity (Wildman–Crippen MR) is 212 cm³/mol. The van der Waals surface area contributed by atoms with Crippen molar-refractivity contribution in [3.8, 4) is 23.0 Å². The van der Waals surface area contributed by atoms with Gasteiger partial charge in [0.2, 0.25) is 0 Å². The van der Waals surface area contributed by atoms with E-state index in [4.69, 9.17) is 9.47 Å². The zero-order valence-corrected chi connectivity index (χ0v) is 29.8. The van der Waals surface area contributed by atoms with Crippen LogP contribution in [0.3, 0.4) is 0 Å². The highest BCUT2D eigenvalue weighted by Crippen LogP contribution is 2.25. The van der Waals surface area contributed by atoms with Crippen LogP contribution < -0.4 is 9.47 Å². The van der Waals surface area contributed by atoms with Crippen molar-refractivity contribution < 1.29 is 19.1 Å². The lowest BCUT2D eigenvalue weighted by Crippen LogP contribution is -2.31. The van der Waals surface area contributed by atoms with Crippen molar-refractivity contribution in [1.82, 2.24) is 9.80 Å². The van der Waals surface area contributed by atoms with Crippen molar-refractivity contribution in [2.24, 2.45) is 0 Å². The average molecular weight is 709 g/mol. The fourth-order valence-corrected chi connectivity index (χ4v) is 6.14. The maximum absolute atomic E-state index is 14.1. The normalized spacial score (nSPS) is 10.7. The average Bonchev–Trinajstić information content (AvgIpc) is 3.23. The monoisotopic (exact) mass is 708 g/mol. The number of carbonyl (C=O) groups excluding carboxylic acids is 2. The molecule has 0 aliphatic heterocycles. The summed E-state index contributed by atoms with van der Waals surface area (Å²) in [6.45, 7) is 1.67. The molecule has 0 heterocycles. The van der Waals surface area contributed by atoms with Crippen molar-refractivity contribution >= 4 is 11.8 Å². The fraction of sp³-hybridized carbons (Fsp3) is 0.0833. The second kappa shape index (κ2) is 17.5. The van der Waals surface area contributed by atoms with Crippen LogP contribution in [0.1, 0.15) is 43.0 Å². The number of carbonyl (C=O) groups is 2. The highest BCUT2D eigenvalue weighted by molar-refractivity contribution is 5.98. The Hall–Kier alpha value is -6.92. The van der Waals surface area contributed by atoms with E-state index in [1.807, 2.05) is 180 Å². The summed E-state index contributed by atoms with van der Waals surface area (Å²) in [6, 6.07) is 61.8. The lowest BCUT2D eigenvalue weighted by atomic mass is 10.1. The van der Waals surface area contributed by atoms with E-state index in [2.05, 4.69) is 0 Å². The number of ether oxygens (including phenoxy) is 2. The fourth-order valence-electron chi connectivity index (χ4n) is 6.14. The van der Waals surface area contributed by atoms with Gasteiger partial charge in [-0.25, -0.2) is 0 Å². The van der Waals surface area contributed by atoms with Crippen molar-refractivity contribution in [2.75, 3.05) is 0 Å². The topological polar surface area (TPSA) is 59.1 Å². The molecule has 0 saturated heterocycles. The minimum Gasteiger partial charge on any atom is -0.457 e. The summed E-state index contributed by atoms with van der Waals surface area (Å²) < 4.78 is 11.9. The molecule has 0 atom stereocenters. The standard InChI is InChI=1S/C48H40N2O4/c51-47(49(33-37-13-5-1-6-14-37)35-39-21-29-45(30-22-39)53-43-17-9-3-10-18-43)41-25-27-42(28-26-41)48(52)50(34-38-15-7-2-8-16-38)36-40-23-31-46(32-24-40)54-44-19-11-4-12-20-44/h1-32H,33-36H2. The minimum atomic E-state index is -0.124. The lowest BCUT2D eigenvalue weighted by molar-refractivity contribution is 0.0718. The molecule has 7 aromatic rings. The summed E-state index contributed by atoms with van der Waals surface area (Å²) >= 11 is 0. The second-order valence-corrected chi connectivity index (χ2v) is 13.0. The summed E-state index contributed by atoms with van der Waals surface area (Å²) in [4.78, 5) is 31.8. The quantitative estimate of drug-likeness (QED) is 0.113. The van der Waals surface area contributed by atoms with Crippen LogP contribution in [0.5, 0.6) is 23.0 Å². The molecule has 0 unspecified atom stereocenters. The third-order valence-corrected chi connectivity index (χ3v) is 8.94. The first-order valence-corrected chi connectivity index (χ1v) is 18.0. The Balaban J connectivity index is 1.07. The Kier molecular flexibility index (Phi) is 11.5. The third kappa shape index (κ3) is 9.69. The molecule has 6 nitrogen and oxygen atoms in total. The van der Waals surface area contributed by atoms with Gasteiger partial charge in [-0.05, 0) is 95.1 Å². The Bertz CT molecular complexity index is 2060. The van der Waals surface area contributed by atoms with Crippen LogP contribution in [0.15, 0.2) is 194 Å². The number of hydrogen-bond acceptors (Lipinski definition) is 4. The minimum absolute atomic E-state index is 0.124. The first-order chi connectivity index (χ1) is 26.6. The van der Waals surface area contributed by atoms with Crippen LogP contribution in [0.25, 0.3) is 0 Å². The zero-order valence-electron chi connectivity index (χ0n) is 29.8. The van der Waals surface area contributed by atoms with E-state index in [-0.39, 0.29) is 11.8 Å². The molecule has 2 amide bonds. The molecule has 0 aromatic heterocycles. The van der Waals surface area contributed by atoms with Crippen LogP contribution in [-0.4, -0.2) is 21.6 Å². The number of nitrogens with zero attached hydrogens (tertiary/aromatic N) is 2. The highest BCUT2D eigenvalue weighted by atomic mass is 16.5. The van der Waals surface area contributed by atoms with E-state index in [1.165, 1.54) is 0 Å². The summed E-state index contributed by atoms with van der Waals surface area (Å²) in [5, 5.41) is 0. The number of amides is 2. The van der Waals surface area contributed by atoms with Gasteiger partial charge < -0.3 is 19.3 Å². The van der Waals surface area contributed by atoms with E-state index in [9.17, 15) is 9.59 Å². The van der Waals surface area contributed by atoms with Crippen LogP contribution in [0, 0.1) is 0 Å². The van der Waals surface area contributed by atoms with Gasteiger partial charge in [-0.2, -0.15) is 0 Å². The van der Waals surface area contributed by atoms with E-state index >= 15 is 0 Å². The summed E-state index contributed by atoms with van der Waals surface area (Å²) in [5.41, 5.74) is 5.02. The van der Waals surface area contributed by atoms with Crippen LogP contribution in [0.2, 0.25) is 0 Å². The molecule has 7 aromatic carbocycles. The number of benzene rings is 7. The Morgan fingerprint density at radius 3 is 0.889 bits per heavy atom. The van der Waals surface area contributed by atoms with Crippen molar-refractivity contribution in [3.63, 3.8) is 0 Å². The number of rotatable bonds is 14. The lowest BCUT2D eigenvalue weighted by Gasteiger charge is -2.25. The van der Waals surface area contributed by atoms with Gasteiger partial charge in [0.15, 0.2) is 0 Å². The first kappa shape index (κ1) is 35.5. The molecule has 0 N–H and O–H groups in total. The van der Waals surface area contributed by atoms with Gasteiger partial charge in [-0.3, -0.25) is 9.59 Å². The molecule has 0 bridgehead atoms. The number of para-hydroxylation sites is 2. The van der Waals surface area contributed by atoms with Crippen LogP contribution >= 0.6 is 0 Å². The zero-order chi connectivity index (χ0) is 37.0. The molecule has 7 rings (SSSR count).